The lowest BCUT2D eigenvalue weighted by Crippen LogP contribution is -2.06. The predicted octanol–water partition coefficient (Wildman–Crippen LogP) is 1.61. The molecule has 1 aliphatic carbocycles. The van der Waals surface area contributed by atoms with Crippen LogP contribution in [0, 0.1) is 6.92 Å². The third-order valence-electron chi connectivity index (χ3n) is 2.83. The molecular weight excluding hydrogens is 196 g/mol. The SMILES string of the molecule is COC(=O)c1cc(C2(C=O)CC2)oc1C. The van der Waals surface area contributed by atoms with E-state index in [-0.39, 0.29) is 0 Å². The van der Waals surface area contributed by atoms with Crippen LogP contribution in [-0.4, -0.2) is 19.4 Å². The molecule has 0 saturated heterocycles. The van der Waals surface area contributed by atoms with Gasteiger partial charge >= 0.3 is 5.97 Å². The maximum atomic E-state index is 11.3. The molecule has 0 bridgehead atoms. The van der Waals surface area contributed by atoms with Gasteiger partial charge in [-0.15, -0.1) is 0 Å². The van der Waals surface area contributed by atoms with Gasteiger partial charge in [0.2, 0.25) is 0 Å². The minimum Gasteiger partial charge on any atom is -0.465 e. The van der Waals surface area contributed by atoms with Gasteiger partial charge in [-0.05, 0) is 25.8 Å². The Balaban J connectivity index is 2.37. The first-order valence-electron chi connectivity index (χ1n) is 4.78. The first-order valence-corrected chi connectivity index (χ1v) is 4.78. The third kappa shape index (κ3) is 1.46. The normalized spacial score (nSPS) is 17.2. The van der Waals surface area contributed by atoms with Crippen molar-refractivity contribution >= 4 is 12.3 Å². The van der Waals surface area contributed by atoms with Crippen molar-refractivity contribution in [1.29, 1.82) is 0 Å². The van der Waals surface area contributed by atoms with E-state index < -0.39 is 11.4 Å². The van der Waals surface area contributed by atoms with Crippen molar-refractivity contribution in [3.05, 3.63) is 23.2 Å². The molecule has 0 aromatic carbocycles. The number of carbonyl (C=O) groups is 2. The molecule has 1 aromatic rings. The summed E-state index contributed by atoms with van der Waals surface area (Å²) in [5.74, 6) is 0.657. The number of hydrogen-bond acceptors (Lipinski definition) is 4. The fraction of sp³-hybridized carbons (Fsp3) is 0.455. The van der Waals surface area contributed by atoms with Gasteiger partial charge in [0.05, 0.1) is 12.5 Å². The Hall–Kier alpha value is -1.58. The molecule has 0 N–H and O–H groups in total. The first-order chi connectivity index (χ1) is 7.13. The highest BCUT2D eigenvalue weighted by atomic mass is 16.5. The number of methoxy groups -OCH3 is 1. The molecule has 1 aromatic heterocycles. The molecule has 1 fully saturated rings. The Morgan fingerprint density at radius 3 is 2.73 bits per heavy atom. The molecule has 0 radical (unpaired) electrons. The van der Waals surface area contributed by atoms with Crippen LogP contribution in [0.15, 0.2) is 10.5 Å². The van der Waals surface area contributed by atoms with E-state index in [1.54, 1.807) is 13.0 Å². The number of furan rings is 1. The summed E-state index contributed by atoms with van der Waals surface area (Å²) >= 11 is 0. The Morgan fingerprint density at radius 1 is 1.60 bits per heavy atom. The van der Waals surface area contributed by atoms with E-state index in [2.05, 4.69) is 4.74 Å². The van der Waals surface area contributed by atoms with Crippen molar-refractivity contribution in [2.75, 3.05) is 7.11 Å². The van der Waals surface area contributed by atoms with Crippen molar-refractivity contribution < 1.29 is 18.7 Å². The monoisotopic (exact) mass is 208 g/mol. The van der Waals surface area contributed by atoms with Crippen LogP contribution in [0.3, 0.4) is 0 Å². The maximum Gasteiger partial charge on any atom is 0.341 e. The number of hydrogen-bond donors (Lipinski definition) is 0. The van der Waals surface area contributed by atoms with Crippen LogP contribution in [0.25, 0.3) is 0 Å². The Labute approximate surface area is 87.2 Å². The largest absolute Gasteiger partial charge is 0.465 e. The van der Waals surface area contributed by atoms with Gasteiger partial charge in [0.1, 0.15) is 23.4 Å². The minimum atomic E-state index is -0.475. The van der Waals surface area contributed by atoms with Gasteiger partial charge in [0, 0.05) is 0 Å². The number of aldehydes is 1. The smallest absolute Gasteiger partial charge is 0.341 e. The van der Waals surface area contributed by atoms with E-state index >= 15 is 0 Å². The van der Waals surface area contributed by atoms with Crippen molar-refractivity contribution in [2.24, 2.45) is 0 Å². The Morgan fingerprint density at radius 2 is 2.27 bits per heavy atom. The number of rotatable bonds is 3. The van der Waals surface area contributed by atoms with Gasteiger partial charge < -0.3 is 13.9 Å². The summed E-state index contributed by atoms with van der Waals surface area (Å²) in [5.41, 5.74) is -0.0718. The van der Waals surface area contributed by atoms with Crippen LogP contribution in [0.1, 0.15) is 34.7 Å². The summed E-state index contributed by atoms with van der Waals surface area (Å²) in [4.78, 5) is 22.2. The minimum absolute atomic E-state index is 0.403. The number of esters is 1. The van der Waals surface area contributed by atoms with Crippen molar-refractivity contribution in [3.8, 4) is 0 Å². The van der Waals surface area contributed by atoms with E-state index in [1.807, 2.05) is 0 Å². The Bertz CT molecular complexity index is 412. The molecular formula is C11H12O4. The zero-order valence-corrected chi connectivity index (χ0v) is 8.70. The van der Waals surface area contributed by atoms with Crippen LogP contribution in [0.2, 0.25) is 0 Å². The van der Waals surface area contributed by atoms with Crippen molar-refractivity contribution in [2.45, 2.75) is 25.2 Å². The van der Waals surface area contributed by atoms with Gasteiger partial charge in [0.25, 0.3) is 0 Å². The quantitative estimate of drug-likeness (QED) is 0.559. The molecule has 4 heteroatoms. The van der Waals surface area contributed by atoms with Gasteiger partial charge in [-0.25, -0.2) is 4.79 Å². The van der Waals surface area contributed by atoms with Gasteiger partial charge in [-0.3, -0.25) is 0 Å². The highest BCUT2D eigenvalue weighted by Crippen LogP contribution is 2.47. The topological polar surface area (TPSA) is 56.5 Å². The summed E-state index contributed by atoms with van der Waals surface area (Å²) < 4.78 is 10.0. The first kappa shape index (κ1) is 9.96. The van der Waals surface area contributed by atoms with E-state index in [0.717, 1.165) is 19.1 Å². The average Bonchev–Trinajstić information content (AvgIpc) is 2.96. The summed E-state index contributed by atoms with van der Waals surface area (Å²) in [7, 11) is 1.32. The lowest BCUT2D eigenvalue weighted by Gasteiger charge is -1.99. The number of aryl methyl sites for hydroxylation is 1. The molecule has 0 atom stereocenters. The molecule has 1 heterocycles. The molecule has 2 rings (SSSR count). The van der Waals surface area contributed by atoms with E-state index in [1.165, 1.54) is 7.11 Å². The lowest BCUT2D eigenvalue weighted by molar-refractivity contribution is -0.110. The molecule has 1 saturated carbocycles. The molecule has 0 amide bonds. The third-order valence-corrected chi connectivity index (χ3v) is 2.83. The molecule has 15 heavy (non-hydrogen) atoms. The summed E-state index contributed by atoms with van der Waals surface area (Å²) in [6.45, 7) is 1.69. The predicted molar refractivity (Wildman–Crippen MR) is 51.8 cm³/mol. The molecule has 0 spiro atoms. The van der Waals surface area contributed by atoms with E-state index in [0.29, 0.717) is 17.1 Å². The van der Waals surface area contributed by atoms with Crippen molar-refractivity contribution in [1.82, 2.24) is 0 Å². The summed E-state index contributed by atoms with van der Waals surface area (Å²) in [6.07, 6.45) is 2.49. The van der Waals surface area contributed by atoms with E-state index in [9.17, 15) is 9.59 Å². The molecule has 1 aliphatic rings. The van der Waals surface area contributed by atoms with Gasteiger partial charge in [-0.2, -0.15) is 0 Å². The van der Waals surface area contributed by atoms with Crippen LogP contribution in [0.5, 0.6) is 0 Å². The summed E-state index contributed by atoms with van der Waals surface area (Å²) in [6, 6.07) is 1.61. The zero-order valence-electron chi connectivity index (χ0n) is 8.70. The highest BCUT2D eigenvalue weighted by Gasteiger charge is 2.47. The van der Waals surface area contributed by atoms with Crippen LogP contribution in [0.4, 0.5) is 0 Å². The van der Waals surface area contributed by atoms with Gasteiger partial charge in [-0.1, -0.05) is 0 Å². The lowest BCUT2D eigenvalue weighted by atomic mass is 10.1. The number of carbonyl (C=O) groups excluding carboxylic acids is 2. The average molecular weight is 208 g/mol. The molecule has 80 valence electrons. The van der Waals surface area contributed by atoms with Crippen molar-refractivity contribution in [3.63, 3.8) is 0 Å². The van der Waals surface area contributed by atoms with E-state index in [4.69, 9.17) is 4.42 Å². The van der Waals surface area contributed by atoms with Crippen LogP contribution < -0.4 is 0 Å². The highest BCUT2D eigenvalue weighted by molar-refractivity contribution is 5.91. The second-order valence-corrected chi connectivity index (χ2v) is 3.85. The maximum absolute atomic E-state index is 11.3. The fourth-order valence-corrected chi connectivity index (χ4v) is 1.60. The second-order valence-electron chi connectivity index (χ2n) is 3.85. The zero-order chi connectivity index (χ0) is 11.1. The second kappa shape index (κ2) is 3.22. The van der Waals surface area contributed by atoms with Crippen LogP contribution in [-0.2, 0) is 14.9 Å². The Kier molecular flexibility index (Phi) is 2.14. The molecule has 0 aliphatic heterocycles. The molecule has 0 unspecified atom stereocenters. The van der Waals surface area contributed by atoms with Gasteiger partial charge in [0.15, 0.2) is 0 Å². The standard InChI is InChI=1S/C11H12O4/c1-7-8(10(13)14-2)5-9(15-7)11(6-12)3-4-11/h5-6H,3-4H2,1-2H3. The summed E-state index contributed by atoms with van der Waals surface area (Å²) in [5, 5.41) is 0. The number of ether oxygens (including phenoxy) is 1. The van der Waals surface area contributed by atoms with Crippen LogP contribution >= 0.6 is 0 Å². The fourth-order valence-electron chi connectivity index (χ4n) is 1.60. The molecule has 4 nitrogen and oxygen atoms in total.